The van der Waals surface area contributed by atoms with E-state index in [4.69, 9.17) is 4.74 Å². The second-order valence-corrected chi connectivity index (χ2v) is 6.58. The fraction of sp³-hybridized carbons (Fsp3) is 0.750. The van der Waals surface area contributed by atoms with Crippen molar-refractivity contribution in [2.75, 3.05) is 39.4 Å². The lowest BCUT2D eigenvalue weighted by Crippen LogP contribution is -3.14. The van der Waals surface area contributed by atoms with Crippen molar-refractivity contribution in [3.05, 3.63) is 12.2 Å². The molecule has 1 aliphatic heterocycles. The van der Waals surface area contributed by atoms with Crippen LogP contribution >= 0.6 is 0 Å². The Morgan fingerprint density at radius 2 is 1.86 bits per heavy atom. The van der Waals surface area contributed by atoms with Crippen molar-refractivity contribution in [1.82, 2.24) is 5.32 Å². The number of allylic oxidation sites excluding steroid dienone is 2. The summed E-state index contributed by atoms with van der Waals surface area (Å²) in [5, 5.41) is 14.2. The van der Waals surface area contributed by atoms with E-state index in [9.17, 15) is 14.7 Å². The van der Waals surface area contributed by atoms with Crippen LogP contribution < -0.4 is 15.3 Å². The van der Waals surface area contributed by atoms with Gasteiger partial charge in [-0.2, -0.15) is 0 Å². The molecule has 22 heavy (non-hydrogen) atoms. The lowest BCUT2D eigenvalue weighted by molar-refractivity contribution is -0.908. The Morgan fingerprint density at radius 1 is 1.18 bits per heavy atom. The number of carbonyl (C=O) groups excluding carboxylic acids is 2. The monoisotopic (exact) mass is 308 g/mol. The van der Waals surface area contributed by atoms with Crippen LogP contribution in [0.5, 0.6) is 0 Å². The van der Waals surface area contributed by atoms with Crippen LogP contribution in [0, 0.1) is 23.7 Å². The molecule has 2 fully saturated rings. The van der Waals surface area contributed by atoms with E-state index < -0.39 is 17.8 Å². The number of fused-ring (bicyclic) bond motifs is 2. The van der Waals surface area contributed by atoms with Crippen molar-refractivity contribution < 1.29 is 24.3 Å². The molecule has 0 radical (unpaired) electrons. The summed E-state index contributed by atoms with van der Waals surface area (Å²) < 4.78 is 5.32. The van der Waals surface area contributed by atoms with E-state index in [0.29, 0.717) is 6.54 Å². The Labute approximate surface area is 130 Å². The van der Waals surface area contributed by atoms with Crippen LogP contribution in [0.1, 0.15) is 12.8 Å². The van der Waals surface area contributed by atoms with E-state index in [1.807, 2.05) is 12.2 Å². The van der Waals surface area contributed by atoms with Crippen LogP contribution in [0.3, 0.4) is 0 Å². The molecule has 1 heterocycles. The first-order valence-corrected chi connectivity index (χ1v) is 8.25. The highest BCUT2D eigenvalue weighted by Crippen LogP contribution is 2.47. The van der Waals surface area contributed by atoms with Gasteiger partial charge in [-0.15, -0.1) is 0 Å². The van der Waals surface area contributed by atoms with Crippen LogP contribution in [0.25, 0.3) is 0 Å². The normalized spacial score (nSPS) is 34.0. The molecule has 1 amide bonds. The molecule has 0 spiro atoms. The highest BCUT2D eigenvalue weighted by molar-refractivity contribution is 5.86. The van der Waals surface area contributed by atoms with Gasteiger partial charge in [0.1, 0.15) is 13.1 Å². The van der Waals surface area contributed by atoms with Gasteiger partial charge in [-0.3, -0.25) is 4.79 Å². The van der Waals surface area contributed by atoms with E-state index in [0.717, 1.165) is 45.7 Å². The van der Waals surface area contributed by atoms with Gasteiger partial charge in [0, 0.05) is 24.9 Å². The lowest BCUT2D eigenvalue weighted by atomic mass is 9.82. The number of hydrogen-bond donors (Lipinski definition) is 2. The lowest BCUT2D eigenvalue weighted by Gasteiger charge is -2.28. The third-order valence-corrected chi connectivity index (χ3v) is 5.24. The quantitative estimate of drug-likeness (QED) is 0.423. The Bertz CT molecular complexity index is 459. The van der Waals surface area contributed by atoms with E-state index in [1.54, 1.807) is 0 Å². The van der Waals surface area contributed by atoms with E-state index >= 15 is 0 Å². The molecule has 1 saturated carbocycles. The fourth-order valence-corrected chi connectivity index (χ4v) is 4.08. The molecular weight excluding hydrogens is 284 g/mol. The standard InChI is InChI=1S/C16H24N2O4/c19-15(17-4-1-5-18-6-8-22-9-7-18)13-11-2-3-12(10-11)14(13)16(20)21/h2-3,11-14H,1,4-10H2,(H,17,19)(H,20,21)/t11-,12+,13-,14+/m1/s1. The predicted octanol–water partition coefficient (Wildman–Crippen LogP) is -2.40. The van der Waals surface area contributed by atoms with Crippen LogP contribution in [0.2, 0.25) is 0 Å². The number of amides is 1. The van der Waals surface area contributed by atoms with Gasteiger partial charge < -0.3 is 24.9 Å². The summed E-state index contributed by atoms with van der Waals surface area (Å²) in [6, 6.07) is 0. The maximum atomic E-state index is 12.3. The molecule has 2 N–H and O–H groups in total. The zero-order chi connectivity index (χ0) is 15.5. The van der Waals surface area contributed by atoms with Gasteiger partial charge in [-0.05, 0) is 18.3 Å². The highest BCUT2D eigenvalue weighted by atomic mass is 16.5. The Kier molecular flexibility index (Phi) is 4.78. The van der Waals surface area contributed by atoms with Crippen molar-refractivity contribution in [2.24, 2.45) is 23.7 Å². The van der Waals surface area contributed by atoms with Gasteiger partial charge in [0.05, 0.1) is 25.7 Å². The Hall–Kier alpha value is -1.40. The molecule has 6 heteroatoms. The van der Waals surface area contributed by atoms with Crippen molar-refractivity contribution in [2.45, 2.75) is 12.8 Å². The molecule has 1 saturated heterocycles. The molecule has 0 unspecified atom stereocenters. The number of morpholine rings is 1. The number of quaternary nitrogens is 1. The summed E-state index contributed by atoms with van der Waals surface area (Å²) in [7, 11) is 0. The van der Waals surface area contributed by atoms with Gasteiger partial charge >= 0.3 is 0 Å². The van der Waals surface area contributed by atoms with Crippen LogP contribution in [-0.4, -0.2) is 51.3 Å². The maximum Gasteiger partial charge on any atom is 0.224 e. The van der Waals surface area contributed by atoms with Crippen LogP contribution in [-0.2, 0) is 14.3 Å². The van der Waals surface area contributed by atoms with Crippen molar-refractivity contribution in [3.63, 3.8) is 0 Å². The van der Waals surface area contributed by atoms with Gasteiger partial charge in [0.2, 0.25) is 5.91 Å². The van der Waals surface area contributed by atoms with Crippen LogP contribution in [0.4, 0.5) is 0 Å². The van der Waals surface area contributed by atoms with Gasteiger partial charge in [-0.1, -0.05) is 12.2 Å². The molecule has 2 bridgehead atoms. The molecule has 0 aromatic carbocycles. The number of ether oxygens (including phenoxy) is 1. The second kappa shape index (κ2) is 6.79. The maximum absolute atomic E-state index is 12.3. The minimum atomic E-state index is -1.09. The van der Waals surface area contributed by atoms with E-state index in [2.05, 4.69) is 5.32 Å². The summed E-state index contributed by atoms with van der Waals surface area (Å²) in [6.45, 7) is 5.30. The van der Waals surface area contributed by atoms with E-state index in [1.165, 1.54) is 4.90 Å². The van der Waals surface area contributed by atoms with Crippen molar-refractivity contribution in [3.8, 4) is 0 Å². The molecule has 3 aliphatic rings. The molecule has 6 nitrogen and oxygen atoms in total. The molecule has 3 rings (SSSR count). The van der Waals surface area contributed by atoms with Crippen molar-refractivity contribution in [1.29, 1.82) is 0 Å². The third-order valence-electron chi connectivity index (χ3n) is 5.24. The van der Waals surface area contributed by atoms with Gasteiger partial charge in [-0.25, -0.2) is 0 Å². The number of nitrogens with one attached hydrogen (secondary N) is 2. The first kappa shape index (κ1) is 15.5. The Balaban J connectivity index is 1.43. The molecule has 0 aromatic heterocycles. The zero-order valence-corrected chi connectivity index (χ0v) is 12.8. The third kappa shape index (κ3) is 3.17. The minimum absolute atomic E-state index is 0.0245. The van der Waals surface area contributed by atoms with E-state index in [-0.39, 0.29) is 17.7 Å². The largest absolute Gasteiger partial charge is 0.550 e. The number of rotatable bonds is 6. The highest BCUT2D eigenvalue weighted by Gasteiger charge is 2.48. The number of aliphatic carboxylic acids is 1. The number of carboxylic acid groups (broad SMARTS) is 1. The Morgan fingerprint density at radius 3 is 2.55 bits per heavy atom. The van der Waals surface area contributed by atoms with Gasteiger partial charge in [0.25, 0.3) is 0 Å². The number of carboxylic acids is 1. The SMILES string of the molecule is O=C([O-])[C@@H]1[C@H](C(=O)NCCC[NH+]2CCOCC2)[C@@H]2C=C[C@H]1C2. The molecule has 4 atom stereocenters. The predicted molar refractivity (Wildman–Crippen MR) is 76.7 cm³/mol. The molecular formula is C16H24N2O4. The fourth-order valence-electron chi connectivity index (χ4n) is 4.08. The summed E-state index contributed by atoms with van der Waals surface area (Å²) in [5.74, 6) is -2.27. The minimum Gasteiger partial charge on any atom is -0.550 e. The summed E-state index contributed by atoms with van der Waals surface area (Å²) in [5.41, 5.74) is 0. The average molecular weight is 308 g/mol. The molecule has 2 aliphatic carbocycles. The topological polar surface area (TPSA) is 82.9 Å². The van der Waals surface area contributed by atoms with Crippen molar-refractivity contribution >= 4 is 11.9 Å². The number of hydrogen-bond acceptors (Lipinski definition) is 4. The molecule has 0 aromatic rings. The smallest absolute Gasteiger partial charge is 0.224 e. The van der Waals surface area contributed by atoms with Gasteiger partial charge in [0.15, 0.2) is 0 Å². The first-order chi connectivity index (χ1) is 10.7. The first-order valence-electron chi connectivity index (χ1n) is 8.25. The van der Waals surface area contributed by atoms with Crippen LogP contribution in [0.15, 0.2) is 12.2 Å². The molecule has 122 valence electrons. The second-order valence-electron chi connectivity index (χ2n) is 6.58. The number of carbonyl (C=O) groups is 2. The summed E-state index contributed by atoms with van der Waals surface area (Å²) >= 11 is 0. The summed E-state index contributed by atoms with van der Waals surface area (Å²) in [4.78, 5) is 25.2. The average Bonchev–Trinajstić information content (AvgIpc) is 3.13. The zero-order valence-electron chi connectivity index (χ0n) is 12.8. The summed E-state index contributed by atoms with van der Waals surface area (Å²) in [6.07, 6.45) is 5.60.